The molecule has 0 aliphatic heterocycles. The summed E-state index contributed by atoms with van der Waals surface area (Å²) < 4.78 is 0. The van der Waals surface area contributed by atoms with Gasteiger partial charge in [-0.05, 0) is 29.5 Å². The zero-order chi connectivity index (χ0) is 11.0. The van der Waals surface area contributed by atoms with E-state index in [0.29, 0.717) is 11.4 Å². The maximum atomic E-state index is 10.7. The number of halogens is 1. The number of fused-ring (bicyclic) bond motifs is 1. The SMILES string of the molecule is NC1CC(CC(=O)O)c2c(Cl)cccc21. The van der Waals surface area contributed by atoms with Gasteiger partial charge < -0.3 is 10.8 Å². The Labute approximate surface area is 92.8 Å². The Morgan fingerprint density at radius 1 is 1.60 bits per heavy atom. The molecule has 1 aromatic rings. The highest BCUT2D eigenvalue weighted by Gasteiger charge is 2.31. The number of hydrogen-bond acceptors (Lipinski definition) is 2. The summed E-state index contributed by atoms with van der Waals surface area (Å²) in [6, 6.07) is 5.48. The minimum atomic E-state index is -0.806. The fraction of sp³-hybridized carbons (Fsp3) is 0.364. The average Bonchev–Trinajstić information content (AvgIpc) is 2.44. The van der Waals surface area contributed by atoms with Gasteiger partial charge in [-0.3, -0.25) is 4.79 Å². The van der Waals surface area contributed by atoms with Crippen LogP contribution in [0, 0.1) is 0 Å². The van der Waals surface area contributed by atoms with Crippen LogP contribution in [0.1, 0.15) is 35.9 Å². The quantitative estimate of drug-likeness (QED) is 0.812. The van der Waals surface area contributed by atoms with Crippen LogP contribution < -0.4 is 5.73 Å². The van der Waals surface area contributed by atoms with Gasteiger partial charge >= 0.3 is 5.97 Å². The Bertz CT molecular complexity index is 406. The molecular formula is C11H12ClNO2. The summed E-state index contributed by atoms with van der Waals surface area (Å²) in [6.07, 6.45) is 0.774. The van der Waals surface area contributed by atoms with Gasteiger partial charge in [-0.15, -0.1) is 0 Å². The van der Waals surface area contributed by atoms with E-state index >= 15 is 0 Å². The molecule has 4 heteroatoms. The number of hydrogen-bond donors (Lipinski definition) is 2. The number of carboxylic acids is 1. The Morgan fingerprint density at radius 2 is 2.33 bits per heavy atom. The molecule has 0 saturated carbocycles. The molecule has 15 heavy (non-hydrogen) atoms. The third kappa shape index (κ3) is 1.85. The fourth-order valence-corrected chi connectivity index (χ4v) is 2.59. The zero-order valence-electron chi connectivity index (χ0n) is 8.11. The summed E-state index contributed by atoms with van der Waals surface area (Å²) in [5.41, 5.74) is 7.85. The second kappa shape index (κ2) is 3.83. The first-order chi connectivity index (χ1) is 7.09. The molecule has 0 spiro atoms. The smallest absolute Gasteiger partial charge is 0.303 e. The lowest BCUT2D eigenvalue weighted by atomic mass is 9.98. The van der Waals surface area contributed by atoms with E-state index in [4.69, 9.17) is 22.4 Å². The van der Waals surface area contributed by atoms with Gasteiger partial charge in [0.15, 0.2) is 0 Å². The first kappa shape index (κ1) is 10.5. The van der Waals surface area contributed by atoms with Gasteiger partial charge in [0.05, 0.1) is 6.42 Å². The molecule has 1 aromatic carbocycles. The van der Waals surface area contributed by atoms with Gasteiger partial charge in [0, 0.05) is 11.1 Å². The molecule has 2 unspecified atom stereocenters. The predicted octanol–water partition coefficient (Wildman–Crippen LogP) is 2.30. The minimum Gasteiger partial charge on any atom is -0.481 e. The highest BCUT2D eigenvalue weighted by molar-refractivity contribution is 6.31. The lowest BCUT2D eigenvalue weighted by molar-refractivity contribution is -0.137. The molecule has 3 nitrogen and oxygen atoms in total. The number of carbonyl (C=O) groups is 1. The van der Waals surface area contributed by atoms with Crippen LogP contribution in [-0.2, 0) is 4.79 Å². The Kier molecular flexibility index (Phi) is 2.67. The van der Waals surface area contributed by atoms with E-state index in [1.165, 1.54) is 0 Å². The van der Waals surface area contributed by atoms with E-state index in [1.807, 2.05) is 12.1 Å². The molecule has 0 heterocycles. The highest BCUT2D eigenvalue weighted by Crippen LogP contribution is 2.44. The van der Waals surface area contributed by atoms with Crippen LogP contribution in [0.3, 0.4) is 0 Å². The van der Waals surface area contributed by atoms with Gasteiger partial charge in [-0.2, -0.15) is 0 Å². The van der Waals surface area contributed by atoms with Crippen molar-refractivity contribution in [3.8, 4) is 0 Å². The van der Waals surface area contributed by atoms with E-state index in [1.54, 1.807) is 6.07 Å². The second-order valence-corrected chi connectivity index (χ2v) is 4.29. The molecule has 80 valence electrons. The van der Waals surface area contributed by atoms with E-state index in [2.05, 4.69) is 0 Å². The Balaban J connectivity index is 2.39. The summed E-state index contributed by atoms with van der Waals surface area (Å²) in [4.78, 5) is 10.7. The molecule has 2 rings (SSSR count). The van der Waals surface area contributed by atoms with E-state index in [0.717, 1.165) is 11.1 Å². The first-order valence-electron chi connectivity index (χ1n) is 4.85. The van der Waals surface area contributed by atoms with Crippen molar-refractivity contribution in [3.63, 3.8) is 0 Å². The van der Waals surface area contributed by atoms with Crippen molar-refractivity contribution in [1.29, 1.82) is 0 Å². The normalized spacial score (nSPS) is 23.9. The number of carboxylic acid groups (broad SMARTS) is 1. The zero-order valence-corrected chi connectivity index (χ0v) is 8.87. The number of rotatable bonds is 2. The van der Waals surface area contributed by atoms with Crippen LogP contribution in [0.15, 0.2) is 18.2 Å². The molecule has 0 radical (unpaired) electrons. The van der Waals surface area contributed by atoms with Gasteiger partial charge in [-0.25, -0.2) is 0 Å². The number of nitrogens with two attached hydrogens (primary N) is 1. The summed E-state index contributed by atoms with van der Waals surface area (Å²) in [6.45, 7) is 0. The van der Waals surface area contributed by atoms with Crippen molar-refractivity contribution in [2.45, 2.75) is 24.8 Å². The molecule has 3 N–H and O–H groups in total. The highest BCUT2D eigenvalue weighted by atomic mass is 35.5. The van der Waals surface area contributed by atoms with E-state index in [-0.39, 0.29) is 18.4 Å². The van der Waals surface area contributed by atoms with E-state index < -0.39 is 5.97 Å². The third-order valence-electron chi connectivity index (χ3n) is 2.85. The number of aliphatic carboxylic acids is 1. The topological polar surface area (TPSA) is 63.3 Å². The summed E-state index contributed by atoms with van der Waals surface area (Å²) >= 11 is 6.06. The maximum absolute atomic E-state index is 10.7. The fourth-order valence-electron chi connectivity index (χ4n) is 2.26. The van der Waals surface area contributed by atoms with Crippen molar-refractivity contribution in [2.24, 2.45) is 5.73 Å². The van der Waals surface area contributed by atoms with Crippen molar-refractivity contribution >= 4 is 17.6 Å². The standard InChI is InChI=1S/C11H12ClNO2/c12-8-3-1-2-7-9(13)4-6(11(7)8)5-10(14)15/h1-3,6,9H,4-5,13H2,(H,14,15). The lowest BCUT2D eigenvalue weighted by Crippen LogP contribution is -2.07. The molecule has 1 aliphatic rings. The van der Waals surface area contributed by atoms with Crippen molar-refractivity contribution in [2.75, 3.05) is 0 Å². The van der Waals surface area contributed by atoms with Crippen LogP contribution >= 0.6 is 11.6 Å². The predicted molar refractivity (Wildman–Crippen MR) is 58.0 cm³/mol. The monoisotopic (exact) mass is 225 g/mol. The van der Waals surface area contributed by atoms with Crippen molar-refractivity contribution in [1.82, 2.24) is 0 Å². The van der Waals surface area contributed by atoms with Crippen LogP contribution in [0.25, 0.3) is 0 Å². The summed E-state index contributed by atoms with van der Waals surface area (Å²) in [5, 5.41) is 9.42. The van der Waals surface area contributed by atoms with E-state index in [9.17, 15) is 4.79 Å². The molecule has 0 amide bonds. The largest absolute Gasteiger partial charge is 0.481 e. The summed E-state index contributed by atoms with van der Waals surface area (Å²) in [5.74, 6) is -0.846. The molecule has 2 atom stereocenters. The second-order valence-electron chi connectivity index (χ2n) is 3.88. The third-order valence-corrected chi connectivity index (χ3v) is 3.18. The van der Waals surface area contributed by atoms with Crippen LogP contribution in [-0.4, -0.2) is 11.1 Å². The first-order valence-corrected chi connectivity index (χ1v) is 5.23. The molecule has 0 aromatic heterocycles. The van der Waals surface area contributed by atoms with Crippen molar-refractivity contribution < 1.29 is 9.90 Å². The molecule has 1 aliphatic carbocycles. The van der Waals surface area contributed by atoms with Crippen LogP contribution in [0.5, 0.6) is 0 Å². The molecule has 0 bridgehead atoms. The van der Waals surface area contributed by atoms with Gasteiger partial charge in [0.1, 0.15) is 0 Å². The summed E-state index contributed by atoms with van der Waals surface area (Å²) in [7, 11) is 0. The van der Waals surface area contributed by atoms with Gasteiger partial charge in [-0.1, -0.05) is 23.7 Å². The lowest BCUT2D eigenvalue weighted by Gasteiger charge is -2.09. The Hall–Kier alpha value is -1.06. The maximum Gasteiger partial charge on any atom is 0.303 e. The van der Waals surface area contributed by atoms with Crippen LogP contribution in [0.2, 0.25) is 5.02 Å². The minimum absolute atomic E-state index is 0.0406. The Morgan fingerprint density at radius 3 is 3.00 bits per heavy atom. The average molecular weight is 226 g/mol. The van der Waals surface area contributed by atoms with Crippen LogP contribution in [0.4, 0.5) is 0 Å². The van der Waals surface area contributed by atoms with Gasteiger partial charge in [0.2, 0.25) is 0 Å². The van der Waals surface area contributed by atoms with Crippen molar-refractivity contribution in [3.05, 3.63) is 34.3 Å². The molecular weight excluding hydrogens is 214 g/mol. The molecule has 0 saturated heterocycles. The number of benzene rings is 1. The van der Waals surface area contributed by atoms with Gasteiger partial charge in [0.25, 0.3) is 0 Å². The molecule has 0 fully saturated rings.